The summed E-state index contributed by atoms with van der Waals surface area (Å²) in [6.45, 7) is 2.26. The minimum Gasteiger partial charge on any atom is -0.480 e. The highest BCUT2D eigenvalue weighted by Gasteiger charge is 2.30. The maximum Gasteiger partial charge on any atom is 0.407 e. The number of carbonyl (C=O) groups excluding carboxylic acids is 2. The molecule has 1 unspecified atom stereocenters. The summed E-state index contributed by atoms with van der Waals surface area (Å²) in [6, 6.07) is 14.1. The molecular formula is C25H30N2O6. The monoisotopic (exact) mass is 454 g/mol. The van der Waals surface area contributed by atoms with Crippen LogP contribution in [-0.2, 0) is 19.1 Å². The Hall–Kier alpha value is -3.39. The molecule has 0 bridgehead atoms. The van der Waals surface area contributed by atoms with E-state index < -0.39 is 30.1 Å². The van der Waals surface area contributed by atoms with Crippen LogP contribution >= 0.6 is 0 Å². The second-order valence-electron chi connectivity index (χ2n) is 7.97. The number of amides is 2. The fourth-order valence-electron chi connectivity index (χ4n) is 4.10. The van der Waals surface area contributed by atoms with Gasteiger partial charge in [-0.15, -0.1) is 0 Å². The van der Waals surface area contributed by atoms with Crippen LogP contribution in [0.4, 0.5) is 4.79 Å². The molecule has 8 nitrogen and oxygen atoms in total. The highest BCUT2D eigenvalue weighted by molar-refractivity contribution is 5.89. The molecule has 2 amide bonds. The van der Waals surface area contributed by atoms with Gasteiger partial charge in [-0.1, -0.05) is 55.5 Å². The molecule has 33 heavy (non-hydrogen) atoms. The second kappa shape index (κ2) is 11.5. The molecule has 0 heterocycles. The normalized spacial score (nSPS) is 14.0. The lowest BCUT2D eigenvalue weighted by molar-refractivity contribution is -0.142. The number of nitrogens with one attached hydrogen (secondary N) is 2. The van der Waals surface area contributed by atoms with Crippen LogP contribution in [0.2, 0.25) is 0 Å². The van der Waals surface area contributed by atoms with E-state index in [1.165, 1.54) is 7.11 Å². The van der Waals surface area contributed by atoms with Gasteiger partial charge in [-0.25, -0.2) is 9.59 Å². The summed E-state index contributed by atoms with van der Waals surface area (Å²) in [5.41, 5.74) is 4.44. The standard InChI is InChI=1S/C25H30N2O6/c1-3-21(23(28)26-22(24(29)30)13-8-14-32-2)27-25(31)33-15-20-18-11-6-4-9-16(18)17-10-5-7-12-19(17)20/h4-7,9-12,20-22H,3,8,13-15H2,1-2H3,(H,26,28)(H,27,31)(H,29,30)/t21-,22?/m0/s1. The van der Waals surface area contributed by atoms with Crippen molar-refractivity contribution < 1.29 is 29.0 Å². The molecule has 0 spiro atoms. The lowest BCUT2D eigenvalue weighted by Gasteiger charge is -2.21. The summed E-state index contributed by atoms with van der Waals surface area (Å²) in [5.74, 6) is -1.78. The minimum absolute atomic E-state index is 0.0887. The van der Waals surface area contributed by atoms with Gasteiger partial charge in [0, 0.05) is 19.6 Å². The van der Waals surface area contributed by atoms with Crippen molar-refractivity contribution in [2.45, 2.75) is 44.2 Å². The second-order valence-corrected chi connectivity index (χ2v) is 7.97. The highest BCUT2D eigenvalue weighted by Crippen LogP contribution is 2.44. The molecule has 2 atom stereocenters. The van der Waals surface area contributed by atoms with Crippen molar-refractivity contribution in [2.24, 2.45) is 0 Å². The summed E-state index contributed by atoms with van der Waals surface area (Å²) in [7, 11) is 1.53. The number of alkyl carbamates (subject to hydrolysis) is 1. The Bertz CT molecular complexity index is 947. The zero-order valence-electron chi connectivity index (χ0n) is 18.9. The van der Waals surface area contributed by atoms with E-state index in [1.807, 2.05) is 36.4 Å². The number of aliphatic carboxylic acids is 1. The van der Waals surface area contributed by atoms with Crippen molar-refractivity contribution in [3.63, 3.8) is 0 Å². The zero-order valence-corrected chi connectivity index (χ0v) is 18.9. The Morgan fingerprint density at radius 1 is 0.970 bits per heavy atom. The maximum atomic E-state index is 12.6. The summed E-state index contributed by atoms with van der Waals surface area (Å²) < 4.78 is 10.4. The molecule has 176 valence electrons. The molecule has 1 aliphatic carbocycles. The Morgan fingerprint density at radius 2 is 1.58 bits per heavy atom. The van der Waals surface area contributed by atoms with Crippen molar-refractivity contribution in [3.8, 4) is 11.1 Å². The number of rotatable bonds is 11. The third-order valence-corrected chi connectivity index (χ3v) is 5.82. The molecule has 0 radical (unpaired) electrons. The summed E-state index contributed by atoms with van der Waals surface area (Å²) in [6.07, 6.45) is 0.297. The lowest BCUT2D eigenvalue weighted by atomic mass is 9.98. The summed E-state index contributed by atoms with van der Waals surface area (Å²) >= 11 is 0. The van der Waals surface area contributed by atoms with Crippen LogP contribution in [0.15, 0.2) is 48.5 Å². The first-order valence-corrected chi connectivity index (χ1v) is 11.1. The molecule has 3 rings (SSSR count). The largest absolute Gasteiger partial charge is 0.480 e. The van der Waals surface area contributed by atoms with Gasteiger partial charge in [0.25, 0.3) is 0 Å². The maximum absolute atomic E-state index is 12.6. The smallest absolute Gasteiger partial charge is 0.407 e. The summed E-state index contributed by atoms with van der Waals surface area (Å²) in [5, 5.41) is 14.4. The van der Waals surface area contributed by atoms with Crippen LogP contribution in [0.25, 0.3) is 11.1 Å². The molecule has 2 aromatic carbocycles. The number of methoxy groups -OCH3 is 1. The topological polar surface area (TPSA) is 114 Å². The van der Waals surface area contributed by atoms with Crippen LogP contribution < -0.4 is 10.6 Å². The first-order chi connectivity index (χ1) is 16.0. The minimum atomic E-state index is -1.13. The lowest BCUT2D eigenvalue weighted by Crippen LogP contribution is -2.51. The van der Waals surface area contributed by atoms with Gasteiger partial charge >= 0.3 is 12.1 Å². The fraction of sp³-hybridized carbons (Fsp3) is 0.400. The quantitative estimate of drug-likeness (QED) is 0.449. The number of carboxylic acids is 1. The van der Waals surface area contributed by atoms with Gasteiger partial charge in [-0.05, 0) is 41.5 Å². The van der Waals surface area contributed by atoms with Gasteiger partial charge in [0.2, 0.25) is 5.91 Å². The van der Waals surface area contributed by atoms with E-state index in [0.717, 1.165) is 22.3 Å². The molecular weight excluding hydrogens is 424 g/mol. The molecule has 0 aromatic heterocycles. The number of ether oxygens (including phenoxy) is 2. The Morgan fingerprint density at radius 3 is 2.12 bits per heavy atom. The van der Waals surface area contributed by atoms with E-state index in [1.54, 1.807) is 6.92 Å². The Labute approximate surface area is 193 Å². The Kier molecular flexibility index (Phi) is 8.43. The molecule has 3 N–H and O–H groups in total. The van der Waals surface area contributed by atoms with E-state index in [2.05, 4.69) is 22.8 Å². The van der Waals surface area contributed by atoms with Gasteiger partial charge in [0.05, 0.1) is 0 Å². The fourth-order valence-corrected chi connectivity index (χ4v) is 4.10. The van der Waals surface area contributed by atoms with Crippen molar-refractivity contribution in [1.82, 2.24) is 10.6 Å². The van der Waals surface area contributed by atoms with Crippen molar-refractivity contribution in [3.05, 3.63) is 59.7 Å². The van der Waals surface area contributed by atoms with Crippen LogP contribution in [0.1, 0.15) is 43.2 Å². The number of hydrogen-bond donors (Lipinski definition) is 3. The van der Waals surface area contributed by atoms with Crippen LogP contribution in [0, 0.1) is 0 Å². The summed E-state index contributed by atoms with van der Waals surface area (Å²) in [4.78, 5) is 36.5. The third-order valence-electron chi connectivity index (χ3n) is 5.82. The third kappa shape index (κ3) is 5.90. The molecule has 0 saturated carbocycles. The highest BCUT2D eigenvalue weighted by atomic mass is 16.5. The molecule has 0 aliphatic heterocycles. The van der Waals surface area contributed by atoms with E-state index >= 15 is 0 Å². The average Bonchev–Trinajstić information content (AvgIpc) is 3.14. The van der Waals surface area contributed by atoms with Gasteiger partial charge in [0.1, 0.15) is 18.7 Å². The Balaban J connectivity index is 1.58. The molecule has 2 aromatic rings. The van der Waals surface area contributed by atoms with Crippen molar-refractivity contribution in [1.29, 1.82) is 0 Å². The molecule has 0 fully saturated rings. The van der Waals surface area contributed by atoms with Crippen LogP contribution in [-0.4, -0.2) is 55.5 Å². The van der Waals surface area contributed by atoms with Gasteiger partial charge in [-0.2, -0.15) is 0 Å². The van der Waals surface area contributed by atoms with E-state index in [4.69, 9.17) is 9.47 Å². The molecule has 8 heteroatoms. The van der Waals surface area contributed by atoms with Crippen LogP contribution in [0.3, 0.4) is 0 Å². The van der Waals surface area contributed by atoms with E-state index in [9.17, 15) is 19.5 Å². The zero-order chi connectivity index (χ0) is 23.8. The number of benzene rings is 2. The average molecular weight is 455 g/mol. The van der Waals surface area contributed by atoms with E-state index in [-0.39, 0.29) is 18.9 Å². The van der Waals surface area contributed by atoms with Gasteiger partial charge in [-0.3, -0.25) is 4.79 Å². The van der Waals surface area contributed by atoms with E-state index in [0.29, 0.717) is 19.4 Å². The molecule has 1 aliphatic rings. The first-order valence-electron chi connectivity index (χ1n) is 11.1. The SMILES string of the molecule is CC[C@H](NC(=O)OCC1c2ccccc2-c2ccccc21)C(=O)NC(CCCOC)C(=O)O. The number of carboxylic acid groups (broad SMARTS) is 1. The molecule has 0 saturated heterocycles. The predicted octanol–water partition coefficient (Wildman–Crippen LogP) is 3.30. The number of carbonyl (C=O) groups is 3. The predicted molar refractivity (Wildman–Crippen MR) is 123 cm³/mol. The van der Waals surface area contributed by atoms with Gasteiger partial charge in [0.15, 0.2) is 0 Å². The first kappa shape index (κ1) is 24.3. The number of hydrogen-bond acceptors (Lipinski definition) is 5. The van der Waals surface area contributed by atoms with Crippen molar-refractivity contribution in [2.75, 3.05) is 20.3 Å². The van der Waals surface area contributed by atoms with Crippen LogP contribution in [0.5, 0.6) is 0 Å². The van der Waals surface area contributed by atoms with Crippen molar-refractivity contribution >= 4 is 18.0 Å². The van der Waals surface area contributed by atoms with Gasteiger partial charge < -0.3 is 25.2 Å². The number of fused-ring (bicyclic) bond motifs is 3.